The predicted octanol–water partition coefficient (Wildman–Crippen LogP) is -0.780. The van der Waals surface area contributed by atoms with Crippen molar-refractivity contribution in [2.24, 2.45) is 0 Å². The minimum atomic E-state index is -5.03. The quantitative estimate of drug-likeness (QED) is 0.422. The van der Waals surface area contributed by atoms with Gasteiger partial charge in [-0.05, 0) is 0 Å². The van der Waals surface area contributed by atoms with Gasteiger partial charge in [-0.25, -0.2) is 0 Å². The van der Waals surface area contributed by atoms with E-state index in [0.717, 1.165) is 0 Å². The van der Waals surface area contributed by atoms with Crippen LogP contribution >= 0.6 is 0 Å². The molecule has 1 aromatic carbocycles. The van der Waals surface area contributed by atoms with Gasteiger partial charge in [-0.15, -0.1) is 0 Å². The number of hydrogen-bond donors (Lipinski definition) is 4. The first-order valence-corrected chi connectivity index (χ1v) is 7.78. The Morgan fingerprint density at radius 1 is 1.38 bits per heavy atom. The van der Waals surface area contributed by atoms with Crippen molar-refractivity contribution in [3.63, 3.8) is 0 Å². The minimum absolute atomic E-state index is 0.0822. The number of carbonyl (C=O) groups is 1. The van der Waals surface area contributed by atoms with Crippen LogP contribution < -0.4 is 9.67 Å². The number of nitrogens with one attached hydrogen (secondary N) is 1. The number of phenolic OH excluding ortho intramolecular Hbond substituents is 1. The van der Waals surface area contributed by atoms with Gasteiger partial charge in [0.2, 0.25) is 0 Å². The van der Waals surface area contributed by atoms with E-state index in [4.69, 9.17) is 8.19 Å². The molecule has 0 radical (unpaired) electrons. The standard InChI is InChI=1S/C9H12AsNO5/c1-5-7(10(14,15)16)3-4-8(9(5)13)11-6(2)12/h3-4,13H,1-2H3,(H,11,12)(H2,14,15,16). The van der Waals surface area contributed by atoms with E-state index >= 15 is 0 Å². The van der Waals surface area contributed by atoms with Crippen LogP contribution in [0.4, 0.5) is 5.69 Å². The molecule has 16 heavy (non-hydrogen) atoms. The van der Waals surface area contributed by atoms with E-state index in [1.165, 1.54) is 26.0 Å². The molecular weight excluding hydrogens is 277 g/mol. The summed E-state index contributed by atoms with van der Waals surface area (Å²) in [5.74, 6) is -0.693. The van der Waals surface area contributed by atoms with Crippen LogP contribution in [-0.2, 0) is 8.53 Å². The number of benzene rings is 1. The van der Waals surface area contributed by atoms with Crippen LogP contribution in [0.25, 0.3) is 0 Å². The van der Waals surface area contributed by atoms with Crippen LogP contribution in [0.2, 0.25) is 0 Å². The summed E-state index contributed by atoms with van der Waals surface area (Å²) in [6.45, 7) is 2.66. The molecule has 0 spiro atoms. The Balaban J connectivity index is 3.29. The molecule has 4 N–H and O–H groups in total. The Bertz CT molecular complexity index is 479. The van der Waals surface area contributed by atoms with E-state index in [2.05, 4.69) is 5.32 Å². The van der Waals surface area contributed by atoms with Crippen LogP contribution in [-0.4, -0.2) is 33.4 Å². The molecule has 0 aliphatic heterocycles. The van der Waals surface area contributed by atoms with Gasteiger partial charge in [0, 0.05) is 0 Å². The maximum atomic E-state index is 11.1. The molecule has 0 aliphatic rings. The molecule has 0 unspecified atom stereocenters. The van der Waals surface area contributed by atoms with Crippen molar-refractivity contribution in [2.45, 2.75) is 13.8 Å². The summed E-state index contributed by atoms with van der Waals surface area (Å²) in [6.07, 6.45) is 0. The van der Waals surface area contributed by atoms with Crippen molar-refractivity contribution >= 4 is 30.1 Å². The number of aromatic hydroxyl groups is 1. The fourth-order valence-corrected chi connectivity index (χ4v) is 3.00. The van der Waals surface area contributed by atoms with Gasteiger partial charge in [-0.3, -0.25) is 0 Å². The van der Waals surface area contributed by atoms with Gasteiger partial charge < -0.3 is 0 Å². The van der Waals surface area contributed by atoms with Crippen molar-refractivity contribution in [2.75, 3.05) is 5.32 Å². The normalized spacial score (nSPS) is 11.2. The third-order valence-corrected chi connectivity index (χ3v) is 4.36. The van der Waals surface area contributed by atoms with Crippen LogP contribution in [0.15, 0.2) is 12.1 Å². The fraction of sp³-hybridized carbons (Fsp3) is 0.222. The number of hydrogen-bond acceptors (Lipinski definition) is 3. The van der Waals surface area contributed by atoms with Crippen LogP contribution in [0.5, 0.6) is 5.75 Å². The molecule has 0 bridgehead atoms. The van der Waals surface area contributed by atoms with E-state index in [0.29, 0.717) is 0 Å². The number of phenols is 1. The predicted molar refractivity (Wildman–Crippen MR) is 57.7 cm³/mol. The molecular formula is C9H12AsNO5. The Hall–Kier alpha value is -1.23. The summed E-state index contributed by atoms with van der Waals surface area (Å²) in [4.78, 5) is 10.8. The molecule has 1 aromatic rings. The Labute approximate surface area is 94.9 Å². The topological polar surface area (TPSA) is 107 Å². The van der Waals surface area contributed by atoms with Crippen LogP contribution in [0, 0.1) is 6.92 Å². The van der Waals surface area contributed by atoms with E-state index < -0.39 is 14.2 Å². The van der Waals surface area contributed by atoms with Crippen LogP contribution in [0.1, 0.15) is 12.5 Å². The summed E-state index contributed by atoms with van der Waals surface area (Å²) >= 11 is -5.03. The zero-order valence-electron chi connectivity index (χ0n) is 8.76. The Morgan fingerprint density at radius 3 is 2.38 bits per heavy atom. The maximum absolute atomic E-state index is 11.1. The molecule has 0 heterocycles. The molecule has 0 saturated heterocycles. The number of anilines is 1. The second-order valence-corrected chi connectivity index (χ2v) is 6.62. The summed E-state index contributed by atoms with van der Waals surface area (Å²) in [5.41, 5.74) is 0.219. The molecule has 0 fully saturated rings. The van der Waals surface area contributed by atoms with E-state index in [-0.39, 0.29) is 27.3 Å². The molecule has 0 atom stereocenters. The summed E-state index contributed by atoms with van der Waals surface area (Å²) in [7, 11) is 0. The Kier molecular flexibility index (Phi) is 3.47. The number of amides is 1. The number of carbonyl (C=O) groups excluding carboxylic acids is 1. The molecule has 1 rings (SSSR count). The van der Waals surface area contributed by atoms with Crippen molar-refractivity contribution < 1.29 is 21.8 Å². The zero-order chi connectivity index (χ0) is 12.5. The van der Waals surface area contributed by atoms with Crippen molar-refractivity contribution in [3.8, 4) is 5.75 Å². The molecule has 6 nitrogen and oxygen atoms in total. The first kappa shape index (κ1) is 12.8. The fourth-order valence-electron chi connectivity index (χ4n) is 1.30. The Morgan fingerprint density at radius 2 is 1.94 bits per heavy atom. The van der Waals surface area contributed by atoms with Gasteiger partial charge >= 0.3 is 94.6 Å². The first-order chi connectivity index (χ1) is 7.23. The van der Waals surface area contributed by atoms with Gasteiger partial charge in [0.25, 0.3) is 0 Å². The van der Waals surface area contributed by atoms with Crippen molar-refractivity contribution in [3.05, 3.63) is 17.7 Å². The molecule has 1 amide bonds. The molecule has 7 heteroatoms. The second kappa shape index (κ2) is 4.33. The summed E-state index contributed by atoms with van der Waals surface area (Å²) in [6, 6.07) is 2.47. The third-order valence-electron chi connectivity index (χ3n) is 2.03. The second-order valence-electron chi connectivity index (χ2n) is 3.33. The zero-order valence-corrected chi connectivity index (χ0v) is 10.6. The van der Waals surface area contributed by atoms with Crippen molar-refractivity contribution in [1.82, 2.24) is 0 Å². The van der Waals surface area contributed by atoms with E-state index in [1.807, 2.05) is 0 Å². The first-order valence-electron chi connectivity index (χ1n) is 4.39. The summed E-state index contributed by atoms with van der Waals surface area (Å²) in [5, 5.41) is 12.0. The van der Waals surface area contributed by atoms with Gasteiger partial charge in [0.1, 0.15) is 0 Å². The van der Waals surface area contributed by atoms with Gasteiger partial charge in [0.15, 0.2) is 0 Å². The van der Waals surface area contributed by atoms with Gasteiger partial charge in [-0.2, -0.15) is 0 Å². The molecule has 88 valence electrons. The SMILES string of the molecule is CC(=O)Nc1ccc([As](=O)(O)O)c(C)c1O. The third kappa shape index (κ3) is 2.66. The molecule has 0 aromatic heterocycles. The van der Waals surface area contributed by atoms with Crippen LogP contribution in [0.3, 0.4) is 0 Å². The average molecular weight is 289 g/mol. The van der Waals surface area contributed by atoms with Gasteiger partial charge in [-0.1, -0.05) is 0 Å². The average Bonchev–Trinajstić information content (AvgIpc) is 2.10. The van der Waals surface area contributed by atoms with E-state index in [1.54, 1.807) is 0 Å². The molecule has 0 saturated carbocycles. The molecule has 0 aliphatic carbocycles. The summed E-state index contributed by atoms with van der Waals surface area (Å²) < 4.78 is 29.0. The van der Waals surface area contributed by atoms with Gasteiger partial charge in [0.05, 0.1) is 0 Å². The number of rotatable bonds is 2. The van der Waals surface area contributed by atoms with E-state index in [9.17, 15) is 13.6 Å². The van der Waals surface area contributed by atoms with Crippen molar-refractivity contribution in [1.29, 1.82) is 0 Å². The monoisotopic (exact) mass is 289 g/mol.